The Morgan fingerprint density at radius 2 is 1.83 bits per heavy atom. The van der Waals surface area contributed by atoms with Crippen molar-refractivity contribution < 1.29 is 19.5 Å². The first-order valence-electron chi connectivity index (χ1n) is 10.5. The van der Waals surface area contributed by atoms with Crippen molar-refractivity contribution in [1.29, 1.82) is 0 Å². The topological polar surface area (TPSA) is 104 Å². The lowest BCUT2D eigenvalue weighted by Gasteiger charge is -2.39. The maximum atomic E-state index is 12.8. The summed E-state index contributed by atoms with van der Waals surface area (Å²) in [5, 5.41) is 9.30. The minimum Gasteiger partial charge on any atom is -0.481 e. The van der Waals surface area contributed by atoms with Crippen molar-refractivity contribution in [3.63, 3.8) is 0 Å². The number of nitrogens with two attached hydrogens (primary N) is 1. The molecule has 1 aromatic carbocycles. The van der Waals surface area contributed by atoms with Crippen LogP contribution in [0.25, 0.3) is 0 Å². The molecule has 0 aromatic heterocycles. The lowest BCUT2D eigenvalue weighted by atomic mass is 9.81. The number of hydrogen-bond acceptors (Lipinski definition) is 4. The van der Waals surface area contributed by atoms with Crippen LogP contribution in [0.2, 0.25) is 0 Å². The van der Waals surface area contributed by atoms with E-state index in [1.165, 1.54) is 0 Å². The van der Waals surface area contributed by atoms with Crippen molar-refractivity contribution in [2.24, 2.45) is 17.6 Å². The summed E-state index contributed by atoms with van der Waals surface area (Å²) in [5.74, 6) is -0.809. The highest BCUT2D eigenvalue weighted by atomic mass is 16.4. The first kappa shape index (κ1) is 21.3. The van der Waals surface area contributed by atoms with Gasteiger partial charge in [0.25, 0.3) is 0 Å². The third kappa shape index (κ3) is 5.79. The molecule has 1 aromatic rings. The first-order valence-corrected chi connectivity index (χ1v) is 10.5. The molecule has 0 aliphatic carbocycles. The van der Waals surface area contributed by atoms with Gasteiger partial charge in [-0.15, -0.1) is 0 Å². The van der Waals surface area contributed by atoms with E-state index in [9.17, 15) is 19.5 Å². The monoisotopic (exact) mass is 401 g/mol. The number of hydrogen-bond donors (Lipinski definition) is 2. The van der Waals surface area contributed by atoms with E-state index >= 15 is 0 Å². The van der Waals surface area contributed by atoms with Gasteiger partial charge in [0.1, 0.15) is 0 Å². The molecule has 158 valence electrons. The average Bonchev–Trinajstić information content (AvgIpc) is 3.16. The summed E-state index contributed by atoms with van der Waals surface area (Å²) in [7, 11) is 0. The summed E-state index contributed by atoms with van der Waals surface area (Å²) in [6.45, 7) is 2.75. The van der Waals surface area contributed by atoms with Crippen molar-refractivity contribution in [1.82, 2.24) is 9.80 Å². The van der Waals surface area contributed by atoms with E-state index in [0.717, 1.165) is 37.9 Å². The van der Waals surface area contributed by atoms with Gasteiger partial charge in [0.05, 0.1) is 12.5 Å². The average molecular weight is 402 g/mol. The number of amides is 2. The van der Waals surface area contributed by atoms with Crippen molar-refractivity contribution in [2.45, 2.75) is 44.6 Å². The molecule has 29 heavy (non-hydrogen) atoms. The third-order valence-electron chi connectivity index (χ3n) is 6.36. The van der Waals surface area contributed by atoms with Crippen LogP contribution in [0.4, 0.5) is 0 Å². The minimum atomic E-state index is -0.791. The molecule has 3 rings (SSSR count). The van der Waals surface area contributed by atoms with Crippen molar-refractivity contribution >= 4 is 17.8 Å². The maximum absolute atomic E-state index is 12.8. The molecular weight excluding hydrogens is 370 g/mol. The Labute approximate surface area is 171 Å². The van der Waals surface area contributed by atoms with Crippen molar-refractivity contribution in [3.05, 3.63) is 35.9 Å². The fourth-order valence-electron chi connectivity index (χ4n) is 4.76. The van der Waals surface area contributed by atoms with Gasteiger partial charge in [-0.3, -0.25) is 19.3 Å². The molecule has 7 heteroatoms. The predicted octanol–water partition coefficient (Wildman–Crippen LogP) is 1.51. The van der Waals surface area contributed by atoms with Crippen LogP contribution in [0.15, 0.2) is 30.3 Å². The number of benzene rings is 1. The highest BCUT2D eigenvalue weighted by Crippen LogP contribution is 2.31. The van der Waals surface area contributed by atoms with Crippen molar-refractivity contribution in [2.75, 3.05) is 26.2 Å². The van der Waals surface area contributed by atoms with E-state index < -0.39 is 5.97 Å². The number of aliphatic carboxylic acids is 1. The molecule has 2 fully saturated rings. The Kier molecular flexibility index (Phi) is 7.25. The van der Waals surface area contributed by atoms with Crippen LogP contribution >= 0.6 is 0 Å². The number of carbonyl (C=O) groups is 3. The summed E-state index contributed by atoms with van der Waals surface area (Å²) in [6.07, 6.45) is 3.73. The standard InChI is InChI=1S/C22H31N3O4/c23-22(29)19-7-4-10-24(19)11-9-18-15-25(12-8-17(18)14-21(27)28)20(26)13-16-5-2-1-3-6-16/h1-3,5-6,17-19H,4,7-15H2,(H2,23,29)(H,27,28). The van der Waals surface area contributed by atoms with E-state index in [1.807, 2.05) is 35.2 Å². The van der Waals surface area contributed by atoms with Gasteiger partial charge in [0.2, 0.25) is 11.8 Å². The van der Waals surface area contributed by atoms with Gasteiger partial charge in [-0.05, 0) is 56.2 Å². The van der Waals surface area contributed by atoms with Gasteiger partial charge in [-0.1, -0.05) is 30.3 Å². The molecule has 2 saturated heterocycles. The molecule has 2 aliphatic heterocycles. The Balaban J connectivity index is 1.61. The number of piperidine rings is 1. The van der Waals surface area contributed by atoms with E-state index in [4.69, 9.17) is 5.73 Å². The van der Waals surface area contributed by atoms with E-state index in [1.54, 1.807) is 0 Å². The molecule has 0 spiro atoms. The molecule has 7 nitrogen and oxygen atoms in total. The Morgan fingerprint density at radius 1 is 1.07 bits per heavy atom. The normalized spacial score (nSPS) is 25.1. The molecule has 3 N–H and O–H groups in total. The van der Waals surface area contributed by atoms with Gasteiger partial charge in [-0.2, -0.15) is 0 Å². The summed E-state index contributed by atoms with van der Waals surface area (Å²) in [6, 6.07) is 9.46. The molecular formula is C22H31N3O4. The van der Waals surface area contributed by atoms with Gasteiger partial charge in [0.15, 0.2) is 0 Å². The van der Waals surface area contributed by atoms with Crippen LogP contribution in [0.1, 0.15) is 37.7 Å². The lowest BCUT2D eigenvalue weighted by Crippen LogP contribution is -2.47. The molecule has 2 amide bonds. The highest BCUT2D eigenvalue weighted by Gasteiger charge is 2.34. The fraction of sp³-hybridized carbons (Fsp3) is 0.591. The molecule has 0 bridgehead atoms. The van der Waals surface area contributed by atoms with Crippen LogP contribution < -0.4 is 5.73 Å². The van der Waals surface area contributed by atoms with Crippen LogP contribution in [-0.4, -0.2) is 64.9 Å². The third-order valence-corrected chi connectivity index (χ3v) is 6.36. The highest BCUT2D eigenvalue weighted by molar-refractivity contribution is 5.80. The van der Waals surface area contributed by atoms with Gasteiger partial charge >= 0.3 is 5.97 Å². The first-order chi connectivity index (χ1) is 13.9. The molecule has 3 atom stereocenters. The number of rotatable bonds is 8. The van der Waals surface area contributed by atoms with Crippen LogP contribution in [0.3, 0.4) is 0 Å². The number of carboxylic acid groups (broad SMARTS) is 1. The number of nitrogens with zero attached hydrogens (tertiary/aromatic N) is 2. The number of likely N-dealkylation sites (tertiary alicyclic amines) is 2. The summed E-state index contributed by atoms with van der Waals surface area (Å²) in [5.41, 5.74) is 6.50. The Hall–Kier alpha value is -2.41. The lowest BCUT2D eigenvalue weighted by molar-refractivity contribution is -0.139. The second-order valence-electron chi connectivity index (χ2n) is 8.29. The van der Waals surface area contributed by atoms with Gasteiger partial charge < -0.3 is 15.7 Å². The molecule has 2 aliphatic rings. The Morgan fingerprint density at radius 3 is 2.52 bits per heavy atom. The Bertz CT molecular complexity index is 724. The smallest absolute Gasteiger partial charge is 0.303 e. The molecule has 3 unspecified atom stereocenters. The predicted molar refractivity (Wildman–Crippen MR) is 109 cm³/mol. The van der Waals surface area contributed by atoms with Crippen molar-refractivity contribution in [3.8, 4) is 0 Å². The zero-order chi connectivity index (χ0) is 20.8. The molecule has 0 saturated carbocycles. The number of carboxylic acids is 1. The fourth-order valence-corrected chi connectivity index (χ4v) is 4.76. The second-order valence-corrected chi connectivity index (χ2v) is 8.29. The number of primary amides is 1. The minimum absolute atomic E-state index is 0.0582. The summed E-state index contributed by atoms with van der Waals surface area (Å²) in [4.78, 5) is 39.7. The van der Waals surface area contributed by atoms with E-state index in [2.05, 4.69) is 4.90 Å². The largest absolute Gasteiger partial charge is 0.481 e. The zero-order valence-corrected chi connectivity index (χ0v) is 16.8. The van der Waals surface area contributed by atoms with Crippen LogP contribution in [0.5, 0.6) is 0 Å². The quantitative estimate of drug-likeness (QED) is 0.687. The maximum Gasteiger partial charge on any atom is 0.303 e. The summed E-state index contributed by atoms with van der Waals surface area (Å²) < 4.78 is 0. The van der Waals surface area contributed by atoms with Crippen LogP contribution in [0, 0.1) is 11.8 Å². The molecule has 0 radical (unpaired) electrons. The van der Waals surface area contributed by atoms with E-state index in [0.29, 0.717) is 25.9 Å². The SMILES string of the molecule is NC(=O)C1CCCN1CCC1CN(C(=O)Cc2ccccc2)CCC1CC(=O)O. The number of carbonyl (C=O) groups excluding carboxylic acids is 2. The van der Waals surface area contributed by atoms with E-state index in [-0.39, 0.29) is 36.1 Å². The second kappa shape index (κ2) is 9.87. The van der Waals surface area contributed by atoms with Gasteiger partial charge in [-0.25, -0.2) is 0 Å². The molecule has 2 heterocycles. The van der Waals surface area contributed by atoms with Gasteiger partial charge in [0, 0.05) is 19.5 Å². The zero-order valence-electron chi connectivity index (χ0n) is 16.8. The summed E-state index contributed by atoms with van der Waals surface area (Å²) >= 11 is 0. The van der Waals surface area contributed by atoms with Crippen LogP contribution in [-0.2, 0) is 20.8 Å².